The SMILES string of the molecule is CCCCOc1ccc(C(=O)Nc2ccc(F)c(F)c2)cc1. The van der Waals surface area contributed by atoms with Gasteiger partial charge in [0.15, 0.2) is 11.6 Å². The largest absolute Gasteiger partial charge is 0.494 e. The molecule has 22 heavy (non-hydrogen) atoms. The summed E-state index contributed by atoms with van der Waals surface area (Å²) in [6.45, 7) is 2.71. The molecule has 0 aromatic heterocycles. The van der Waals surface area contributed by atoms with Crippen LogP contribution >= 0.6 is 0 Å². The molecule has 0 heterocycles. The average molecular weight is 305 g/mol. The minimum Gasteiger partial charge on any atom is -0.494 e. The number of ether oxygens (including phenoxy) is 1. The van der Waals surface area contributed by atoms with Crippen LogP contribution in [0.2, 0.25) is 0 Å². The van der Waals surface area contributed by atoms with Crippen molar-refractivity contribution in [3.63, 3.8) is 0 Å². The molecule has 5 heteroatoms. The van der Waals surface area contributed by atoms with Gasteiger partial charge in [-0.05, 0) is 42.8 Å². The molecule has 3 nitrogen and oxygen atoms in total. The van der Waals surface area contributed by atoms with Gasteiger partial charge in [0.05, 0.1) is 6.61 Å². The predicted octanol–water partition coefficient (Wildman–Crippen LogP) is 4.40. The first kappa shape index (κ1) is 15.9. The lowest BCUT2D eigenvalue weighted by molar-refractivity contribution is 0.102. The highest BCUT2D eigenvalue weighted by Gasteiger charge is 2.08. The normalized spacial score (nSPS) is 10.3. The van der Waals surface area contributed by atoms with E-state index < -0.39 is 17.5 Å². The molecule has 0 bridgehead atoms. The third kappa shape index (κ3) is 4.28. The molecule has 0 fully saturated rings. The van der Waals surface area contributed by atoms with Crippen molar-refractivity contribution in [1.29, 1.82) is 0 Å². The van der Waals surface area contributed by atoms with Crippen molar-refractivity contribution in [2.75, 3.05) is 11.9 Å². The van der Waals surface area contributed by atoms with Crippen LogP contribution in [0.4, 0.5) is 14.5 Å². The van der Waals surface area contributed by atoms with Gasteiger partial charge in [0.2, 0.25) is 0 Å². The van der Waals surface area contributed by atoms with Gasteiger partial charge in [-0.2, -0.15) is 0 Å². The van der Waals surface area contributed by atoms with Crippen molar-refractivity contribution in [3.8, 4) is 5.75 Å². The Labute approximate surface area is 127 Å². The number of halogens is 2. The maximum atomic E-state index is 13.1. The molecule has 0 saturated heterocycles. The molecule has 0 saturated carbocycles. The molecule has 1 amide bonds. The Bertz CT molecular complexity index is 642. The van der Waals surface area contributed by atoms with E-state index in [-0.39, 0.29) is 5.69 Å². The van der Waals surface area contributed by atoms with Crippen LogP contribution in [0.3, 0.4) is 0 Å². The summed E-state index contributed by atoms with van der Waals surface area (Å²) in [4.78, 5) is 12.0. The molecule has 0 spiro atoms. The van der Waals surface area contributed by atoms with Crippen molar-refractivity contribution in [2.24, 2.45) is 0 Å². The Balaban J connectivity index is 1.98. The Kier molecular flexibility index (Phi) is 5.47. The van der Waals surface area contributed by atoms with Crippen molar-refractivity contribution in [2.45, 2.75) is 19.8 Å². The molecule has 0 aliphatic carbocycles. The van der Waals surface area contributed by atoms with E-state index in [2.05, 4.69) is 12.2 Å². The van der Waals surface area contributed by atoms with E-state index >= 15 is 0 Å². The van der Waals surface area contributed by atoms with Gasteiger partial charge in [0, 0.05) is 17.3 Å². The summed E-state index contributed by atoms with van der Waals surface area (Å²) >= 11 is 0. The first-order valence-electron chi connectivity index (χ1n) is 7.09. The summed E-state index contributed by atoms with van der Waals surface area (Å²) in [5, 5.41) is 2.51. The van der Waals surface area contributed by atoms with Gasteiger partial charge < -0.3 is 10.1 Å². The summed E-state index contributed by atoms with van der Waals surface area (Å²) in [5.74, 6) is -1.66. The van der Waals surface area contributed by atoms with Crippen LogP contribution in [0, 0.1) is 11.6 Å². The zero-order chi connectivity index (χ0) is 15.9. The van der Waals surface area contributed by atoms with Gasteiger partial charge in [-0.1, -0.05) is 13.3 Å². The van der Waals surface area contributed by atoms with Crippen LogP contribution in [0.25, 0.3) is 0 Å². The van der Waals surface area contributed by atoms with Crippen LogP contribution in [0.1, 0.15) is 30.1 Å². The van der Waals surface area contributed by atoms with E-state index in [4.69, 9.17) is 4.74 Å². The molecule has 2 rings (SSSR count). The lowest BCUT2D eigenvalue weighted by Crippen LogP contribution is -2.12. The number of carbonyl (C=O) groups excluding carboxylic acids is 1. The molecule has 0 aliphatic heterocycles. The van der Waals surface area contributed by atoms with E-state index in [1.54, 1.807) is 24.3 Å². The first-order chi connectivity index (χ1) is 10.6. The smallest absolute Gasteiger partial charge is 0.255 e. The van der Waals surface area contributed by atoms with E-state index in [0.717, 1.165) is 25.0 Å². The third-order valence-corrected chi connectivity index (χ3v) is 3.06. The van der Waals surface area contributed by atoms with Gasteiger partial charge >= 0.3 is 0 Å². The molecule has 0 unspecified atom stereocenters. The zero-order valence-electron chi connectivity index (χ0n) is 12.2. The summed E-state index contributed by atoms with van der Waals surface area (Å²) in [7, 11) is 0. The maximum Gasteiger partial charge on any atom is 0.255 e. The van der Waals surface area contributed by atoms with Gasteiger partial charge in [0.25, 0.3) is 5.91 Å². The fourth-order valence-electron chi connectivity index (χ4n) is 1.81. The van der Waals surface area contributed by atoms with Crippen LogP contribution in [0.5, 0.6) is 5.75 Å². The second kappa shape index (κ2) is 7.54. The Morgan fingerprint density at radius 1 is 1.09 bits per heavy atom. The fourth-order valence-corrected chi connectivity index (χ4v) is 1.81. The average Bonchev–Trinajstić information content (AvgIpc) is 2.52. The standard InChI is InChI=1S/C17H17F2NO2/c1-2-3-10-22-14-7-4-12(5-8-14)17(21)20-13-6-9-15(18)16(19)11-13/h4-9,11H,2-3,10H2,1H3,(H,20,21). The van der Waals surface area contributed by atoms with E-state index in [1.165, 1.54) is 6.07 Å². The molecular formula is C17H17F2NO2. The van der Waals surface area contributed by atoms with E-state index in [0.29, 0.717) is 17.9 Å². The van der Waals surface area contributed by atoms with Crippen molar-refractivity contribution in [3.05, 3.63) is 59.7 Å². The molecule has 0 aliphatic rings. The summed E-state index contributed by atoms with van der Waals surface area (Å²) in [6, 6.07) is 9.86. The van der Waals surface area contributed by atoms with Gasteiger partial charge in [0.1, 0.15) is 5.75 Å². The van der Waals surface area contributed by atoms with Gasteiger partial charge in [-0.3, -0.25) is 4.79 Å². The number of hydrogen-bond acceptors (Lipinski definition) is 2. The molecular weight excluding hydrogens is 288 g/mol. The minimum absolute atomic E-state index is 0.201. The van der Waals surface area contributed by atoms with Crippen molar-refractivity contribution in [1.82, 2.24) is 0 Å². The fraction of sp³-hybridized carbons (Fsp3) is 0.235. The second-order valence-electron chi connectivity index (χ2n) is 4.81. The highest BCUT2D eigenvalue weighted by Crippen LogP contribution is 2.16. The number of amides is 1. The van der Waals surface area contributed by atoms with E-state index in [9.17, 15) is 13.6 Å². The van der Waals surface area contributed by atoms with Crippen LogP contribution in [0.15, 0.2) is 42.5 Å². The quantitative estimate of drug-likeness (QED) is 0.804. The van der Waals surface area contributed by atoms with Crippen molar-refractivity contribution < 1.29 is 18.3 Å². The van der Waals surface area contributed by atoms with Crippen molar-refractivity contribution >= 4 is 11.6 Å². The summed E-state index contributed by atoms with van der Waals surface area (Å²) in [5.41, 5.74) is 0.611. The summed E-state index contributed by atoms with van der Waals surface area (Å²) < 4.78 is 31.4. The van der Waals surface area contributed by atoms with Gasteiger partial charge in [-0.15, -0.1) is 0 Å². The first-order valence-corrected chi connectivity index (χ1v) is 7.09. The predicted molar refractivity (Wildman–Crippen MR) is 81.2 cm³/mol. The van der Waals surface area contributed by atoms with E-state index in [1.807, 2.05) is 0 Å². The lowest BCUT2D eigenvalue weighted by atomic mass is 10.2. The molecule has 0 atom stereocenters. The van der Waals surface area contributed by atoms with Crippen LogP contribution in [-0.2, 0) is 0 Å². The molecule has 1 N–H and O–H groups in total. The number of unbranched alkanes of at least 4 members (excludes halogenated alkanes) is 1. The highest BCUT2D eigenvalue weighted by atomic mass is 19.2. The minimum atomic E-state index is -1.00. The Morgan fingerprint density at radius 3 is 2.45 bits per heavy atom. The zero-order valence-corrected chi connectivity index (χ0v) is 12.2. The number of rotatable bonds is 6. The molecule has 2 aromatic carbocycles. The molecule has 116 valence electrons. The van der Waals surface area contributed by atoms with Crippen LogP contribution in [-0.4, -0.2) is 12.5 Å². The lowest BCUT2D eigenvalue weighted by Gasteiger charge is -2.08. The maximum absolute atomic E-state index is 13.1. The monoisotopic (exact) mass is 305 g/mol. The van der Waals surface area contributed by atoms with Gasteiger partial charge in [-0.25, -0.2) is 8.78 Å². The van der Waals surface area contributed by atoms with Crippen LogP contribution < -0.4 is 10.1 Å². The Hall–Kier alpha value is -2.43. The number of nitrogens with one attached hydrogen (secondary N) is 1. The molecule has 2 aromatic rings. The second-order valence-corrected chi connectivity index (χ2v) is 4.81. The highest BCUT2D eigenvalue weighted by molar-refractivity contribution is 6.04. The Morgan fingerprint density at radius 2 is 1.82 bits per heavy atom. The molecule has 0 radical (unpaired) electrons. The number of hydrogen-bond donors (Lipinski definition) is 1. The third-order valence-electron chi connectivity index (χ3n) is 3.06. The number of benzene rings is 2. The topological polar surface area (TPSA) is 38.3 Å². The number of anilines is 1. The summed E-state index contributed by atoms with van der Waals surface area (Å²) in [6.07, 6.45) is 2.02. The number of carbonyl (C=O) groups is 1.